The zero-order chi connectivity index (χ0) is 15.3. The Labute approximate surface area is 125 Å². The van der Waals surface area contributed by atoms with E-state index in [9.17, 15) is 28.1 Å². The van der Waals surface area contributed by atoms with Gasteiger partial charge in [0.15, 0.2) is 0 Å². The summed E-state index contributed by atoms with van der Waals surface area (Å²) in [6.45, 7) is -0.142. The van der Waals surface area contributed by atoms with Crippen molar-refractivity contribution < 1.29 is 22.9 Å². The second-order valence-corrected chi connectivity index (χ2v) is 5.06. The van der Waals surface area contributed by atoms with Crippen molar-refractivity contribution in [2.45, 2.75) is 19.0 Å². The smallest absolute Gasteiger partial charge is 0.352 e. The lowest BCUT2D eigenvalue weighted by molar-refractivity contribution is -0.384. The third-order valence-electron chi connectivity index (χ3n) is 2.33. The quantitative estimate of drug-likeness (QED) is 0.356. The Morgan fingerprint density at radius 3 is 2.60 bits per heavy atom. The van der Waals surface area contributed by atoms with E-state index in [-0.39, 0.29) is 24.2 Å². The highest BCUT2D eigenvalue weighted by atomic mass is 127. The van der Waals surface area contributed by atoms with Crippen molar-refractivity contribution >= 4 is 34.2 Å². The summed E-state index contributed by atoms with van der Waals surface area (Å²) in [5, 5.41) is 12.9. The van der Waals surface area contributed by atoms with Gasteiger partial charge in [-0.05, 0) is 35.1 Å². The van der Waals surface area contributed by atoms with Gasteiger partial charge in [-0.25, -0.2) is 0 Å². The van der Waals surface area contributed by atoms with E-state index in [0.717, 1.165) is 6.07 Å². The maximum Gasteiger partial charge on any atom is 0.389 e. The number of nitro groups is 1. The van der Waals surface area contributed by atoms with Crippen LogP contribution < -0.4 is 5.32 Å². The summed E-state index contributed by atoms with van der Waals surface area (Å²) in [7, 11) is 0. The van der Waals surface area contributed by atoms with Crippen LogP contribution in [0.25, 0.3) is 0 Å². The molecule has 1 aromatic rings. The predicted molar refractivity (Wildman–Crippen MR) is 73.4 cm³/mol. The Kier molecular flexibility index (Phi) is 5.72. The molecule has 0 aromatic heterocycles. The molecular weight excluding hydrogens is 392 g/mol. The van der Waals surface area contributed by atoms with Gasteiger partial charge in [0, 0.05) is 28.7 Å². The normalized spacial score (nSPS) is 11.2. The molecule has 0 saturated carbocycles. The Morgan fingerprint density at radius 1 is 1.40 bits per heavy atom. The molecule has 0 spiro atoms. The van der Waals surface area contributed by atoms with E-state index in [4.69, 9.17) is 0 Å². The molecule has 1 rings (SSSR count). The van der Waals surface area contributed by atoms with Crippen LogP contribution in [0.1, 0.15) is 23.2 Å². The number of benzene rings is 1. The molecule has 110 valence electrons. The monoisotopic (exact) mass is 402 g/mol. The van der Waals surface area contributed by atoms with Crippen molar-refractivity contribution in [3.05, 3.63) is 37.4 Å². The highest BCUT2D eigenvalue weighted by Gasteiger charge is 2.26. The fourth-order valence-electron chi connectivity index (χ4n) is 1.39. The topological polar surface area (TPSA) is 72.2 Å². The highest BCUT2D eigenvalue weighted by molar-refractivity contribution is 14.1. The lowest BCUT2D eigenvalue weighted by Crippen LogP contribution is -2.26. The number of nitrogens with one attached hydrogen (secondary N) is 1. The molecule has 1 amide bonds. The third-order valence-corrected chi connectivity index (χ3v) is 3.27. The minimum absolute atomic E-state index is 0.0757. The summed E-state index contributed by atoms with van der Waals surface area (Å²) in [6, 6.07) is 3.76. The highest BCUT2D eigenvalue weighted by Crippen LogP contribution is 2.21. The Hall–Kier alpha value is -1.39. The van der Waals surface area contributed by atoms with E-state index in [1.807, 2.05) is 22.6 Å². The van der Waals surface area contributed by atoms with E-state index >= 15 is 0 Å². The van der Waals surface area contributed by atoms with Crippen LogP contribution in [0.3, 0.4) is 0 Å². The van der Waals surface area contributed by atoms with Crippen LogP contribution in [-0.2, 0) is 0 Å². The van der Waals surface area contributed by atoms with Crippen molar-refractivity contribution in [2.75, 3.05) is 6.54 Å². The minimum Gasteiger partial charge on any atom is -0.352 e. The fourth-order valence-corrected chi connectivity index (χ4v) is 1.97. The van der Waals surface area contributed by atoms with Gasteiger partial charge >= 0.3 is 6.18 Å². The second-order valence-electron chi connectivity index (χ2n) is 3.90. The number of amides is 1. The molecule has 0 aliphatic carbocycles. The summed E-state index contributed by atoms with van der Waals surface area (Å²) in [6.07, 6.45) is -5.48. The van der Waals surface area contributed by atoms with Gasteiger partial charge in [-0.3, -0.25) is 14.9 Å². The average Bonchev–Trinajstić information content (AvgIpc) is 2.33. The summed E-state index contributed by atoms with van der Waals surface area (Å²) in [5.41, 5.74) is -0.169. The summed E-state index contributed by atoms with van der Waals surface area (Å²) < 4.78 is 36.2. The molecule has 0 unspecified atom stereocenters. The summed E-state index contributed by atoms with van der Waals surface area (Å²) in [4.78, 5) is 21.7. The number of hydrogen-bond donors (Lipinski definition) is 1. The van der Waals surface area contributed by atoms with Crippen LogP contribution in [0.4, 0.5) is 18.9 Å². The Morgan fingerprint density at radius 2 is 2.05 bits per heavy atom. The first-order valence-electron chi connectivity index (χ1n) is 5.49. The van der Waals surface area contributed by atoms with Gasteiger partial charge in [0.05, 0.1) is 10.5 Å². The van der Waals surface area contributed by atoms with E-state index in [1.54, 1.807) is 0 Å². The molecule has 0 heterocycles. The van der Waals surface area contributed by atoms with Crippen LogP contribution in [0.2, 0.25) is 0 Å². The number of nitro benzene ring substituents is 1. The lowest BCUT2D eigenvalue weighted by atomic mass is 10.2. The molecule has 0 saturated heterocycles. The van der Waals surface area contributed by atoms with Crippen molar-refractivity contribution in [3.63, 3.8) is 0 Å². The predicted octanol–water partition coefficient (Wildman–Crippen LogP) is 3.27. The fraction of sp³-hybridized carbons (Fsp3) is 0.364. The first-order valence-corrected chi connectivity index (χ1v) is 6.57. The molecule has 20 heavy (non-hydrogen) atoms. The van der Waals surface area contributed by atoms with Crippen molar-refractivity contribution in [3.8, 4) is 0 Å². The van der Waals surface area contributed by atoms with Crippen LogP contribution in [0, 0.1) is 13.7 Å². The summed E-state index contributed by atoms with van der Waals surface area (Å²) >= 11 is 1.83. The van der Waals surface area contributed by atoms with Crippen molar-refractivity contribution in [2.24, 2.45) is 0 Å². The van der Waals surface area contributed by atoms with E-state index < -0.39 is 23.4 Å². The summed E-state index contributed by atoms with van der Waals surface area (Å²) in [5.74, 6) is -0.625. The third kappa shape index (κ3) is 5.31. The molecule has 1 N–H and O–H groups in total. The number of non-ortho nitro benzene ring substituents is 1. The van der Waals surface area contributed by atoms with Crippen LogP contribution >= 0.6 is 22.6 Å². The Bertz CT molecular complexity index is 520. The number of nitrogens with zero attached hydrogens (tertiary/aromatic N) is 1. The van der Waals surface area contributed by atoms with Gasteiger partial charge in [0.25, 0.3) is 11.6 Å². The molecule has 0 fully saturated rings. The maximum absolute atomic E-state index is 11.9. The first-order chi connectivity index (χ1) is 9.20. The number of hydrogen-bond acceptors (Lipinski definition) is 3. The Balaban J connectivity index is 2.63. The van der Waals surface area contributed by atoms with Crippen LogP contribution in [0.5, 0.6) is 0 Å². The number of halogens is 4. The number of carbonyl (C=O) groups excluding carboxylic acids is 1. The second kappa shape index (κ2) is 6.86. The first kappa shape index (κ1) is 16.7. The van der Waals surface area contributed by atoms with Gasteiger partial charge < -0.3 is 5.32 Å². The zero-order valence-electron chi connectivity index (χ0n) is 10.0. The molecule has 0 aliphatic heterocycles. The van der Waals surface area contributed by atoms with Gasteiger partial charge in [-0.15, -0.1) is 0 Å². The molecule has 0 bridgehead atoms. The van der Waals surface area contributed by atoms with Crippen molar-refractivity contribution in [1.82, 2.24) is 5.32 Å². The minimum atomic E-state index is -4.26. The van der Waals surface area contributed by atoms with Gasteiger partial charge in [0.2, 0.25) is 0 Å². The number of carbonyl (C=O) groups is 1. The van der Waals surface area contributed by atoms with E-state index in [0.29, 0.717) is 3.57 Å². The average molecular weight is 402 g/mol. The SMILES string of the molecule is O=C(NCCCC(F)(F)F)c1cc([N+](=O)[O-])ccc1I. The van der Waals surface area contributed by atoms with Crippen molar-refractivity contribution in [1.29, 1.82) is 0 Å². The van der Waals surface area contributed by atoms with E-state index in [2.05, 4.69) is 5.32 Å². The molecule has 1 aromatic carbocycles. The lowest BCUT2D eigenvalue weighted by Gasteiger charge is -2.08. The number of alkyl halides is 3. The zero-order valence-corrected chi connectivity index (χ0v) is 12.2. The number of rotatable bonds is 5. The van der Waals surface area contributed by atoms with Gasteiger partial charge in [-0.1, -0.05) is 0 Å². The van der Waals surface area contributed by atoms with Gasteiger partial charge in [0.1, 0.15) is 0 Å². The molecule has 9 heteroatoms. The van der Waals surface area contributed by atoms with Gasteiger partial charge in [-0.2, -0.15) is 13.2 Å². The largest absolute Gasteiger partial charge is 0.389 e. The molecule has 5 nitrogen and oxygen atoms in total. The molecule has 0 aliphatic rings. The molecule has 0 atom stereocenters. The van der Waals surface area contributed by atoms with Crippen LogP contribution in [0.15, 0.2) is 18.2 Å². The van der Waals surface area contributed by atoms with E-state index in [1.165, 1.54) is 12.1 Å². The van der Waals surface area contributed by atoms with Crippen LogP contribution in [-0.4, -0.2) is 23.6 Å². The molecular formula is C11H10F3IN2O3. The maximum atomic E-state index is 11.9. The molecule has 0 radical (unpaired) electrons. The standard InChI is InChI=1S/C11H10F3IN2O3/c12-11(13,14)4-1-5-16-10(18)8-6-7(17(19)20)2-3-9(8)15/h2-3,6H,1,4-5H2,(H,16,18).